The van der Waals surface area contributed by atoms with Crippen LogP contribution in [-0.4, -0.2) is 50.8 Å². The van der Waals surface area contributed by atoms with Gasteiger partial charge in [0, 0.05) is 39.3 Å². The molecule has 1 aliphatic rings. The number of ether oxygens (including phenoxy) is 1. The summed E-state index contributed by atoms with van der Waals surface area (Å²) in [6, 6.07) is 0. The maximum Gasteiger partial charge on any atom is 0.0593 e. The molecule has 0 aliphatic carbocycles. The van der Waals surface area contributed by atoms with E-state index >= 15 is 0 Å². The van der Waals surface area contributed by atoms with Crippen molar-refractivity contribution in [3.63, 3.8) is 0 Å². The van der Waals surface area contributed by atoms with Crippen LogP contribution in [0.2, 0.25) is 0 Å². The lowest BCUT2D eigenvalue weighted by Gasteiger charge is -2.26. The first-order chi connectivity index (χ1) is 6.43. The van der Waals surface area contributed by atoms with E-state index in [1.54, 1.807) is 0 Å². The Kier molecular flexibility index (Phi) is 9.87. The van der Waals surface area contributed by atoms with Gasteiger partial charge in [0.15, 0.2) is 0 Å². The molecule has 3 heteroatoms. The average molecular weight is 188 g/mol. The van der Waals surface area contributed by atoms with E-state index in [4.69, 9.17) is 4.74 Å². The summed E-state index contributed by atoms with van der Waals surface area (Å²) in [6.07, 6.45) is 0. The van der Waals surface area contributed by atoms with Crippen LogP contribution in [0.3, 0.4) is 0 Å². The van der Waals surface area contributed by atoms with Crippen molar-refractivity contribution in [3.8, 4) is 0 Å². The summed E-state index contributed by atoms with van der Waals surface area (Å²) in [5.74, 6) is 0. The van der Waals surface area contributed by atoms with Crippen molar-refractivity contribution in [2.75, 3.05) is 45.9 Å². The Morgan fingerprint density at radius 1 is 1.23 bits per heavy atom. The summed E-state index contributed by atoms with van der Waals surface area (Å²) in [5, 5.41) is 3.32. The molecule has 0 unspecified atom stereocenters. The van der Waals surface area contributed by atoms with Crippen LogP contribution in [0.25, 0.3) is 0 Å². The van der Waals surface area contributed by atoms with Crippen molar-refractivity contribution < 1.29 is 4.74 Å². The SMILES string of the molecule is CC.CCOCCN1CCNCC1. The van der Waals surface area contributed by atoms with Gasteiger partial charge in [-0.25, -0.2) is 0 Å². The van der Waals surface area contributed by atoms with Crippen LogP contribution in [0.1, 0.15) is 20.8 Å². The van der Waals surface area contributed by atoms with Gasteiger partial charge in [-0.15, -0.1) is 0 Å². The number of nitrogens with one attached hydrogen (secondary N) is 1. The molecule has 0 aromatic heterocycles. The topological polar surface area (TPSA) is 24.5 Å². The molecule has 1 heterocycles. The second-order valence-corrected chi connectivity index (χ2v) is 2.79. The zero-order chi connectivity index (χ0) is 9.94. The number of piperazine rings is 1. The first-order valence-electron chi connectivity index (χ1n) is 5.44. The van der Waals surface area contributed by atoms with Gasteiger partial charge in [-0.05, 0) is 6.92 Å². The summed E-state index contributed by atoms with van der Waals surface area (Å²) < 4.78 is 5.27. The Morgan fingerprint density at radius 2 is 1.85 bits per heavy atom. The molecule has 0 aromatic rings. The molecule has 80 valence electrons. The molecule has 0 saturated carbocycles. The molecule has 0 radical (unpaired) electrons. The van der Waals surface area contributed by atoms with Gasteiger partial charge in [-0.3, -0.25) is 4.90 Å². The van der Waals surface area contributed by atoms with Gasteiger partial charge in [0.1, 0.15) is 0 Å². The summed E-state index contributed by atoms with van der Waals surface area (Å²) in [7, 11) is 0. The molecule has 0 aromatic carbocycles. The number of nitrogens with zero attached hydrogens (tertiary/aromatic N) is 1. The normalized spacial score (nSPS) is 17.8. The predicted molar refractivity (Wildman–Crippen MR) is 57.2 cm³/mol. The molecule has 13 heavy (non-hydrogen) atoms. The van der Waals surface area contributed by atoms with E-state index in [9.17, 15) is 0 Å². The van der Waals surface area contributed by atoms with Gasteiger partial charge in [0.25, 0.3) is 0 Å². The predicted octanol–water partition coefficient (Wildman–Crippen LogP) is 0.954. The fourth-order valence-corrected chi connectivity index (χ4v) is 1.27. The Hall–Kier alpha value is -0.120. The third kappa shape index (κ3) is 6.99. The third-order valence-corrected chi connectivity index (χ3v) is 1.97. The molecule has 0 amide bonds. The zero-order valence-electron chi connectivity index (χ0n) is 9.31. The van der Waals surface area contributed by atoms with Crippen molar-refractivity contribution in [1.82, 2.24) is 10.2 Å². The molecule has 1 aliphatic heterocycles. The molecule has 3 nitrogen and oxygen atoms in total. The molecule has 0 spiro atoms. The molecule has 1 fully saturated rings. The third-order valence-electron chi connectivity index (χ3n) is 1.97. The van der Waals surface area contributed by atoms with E-state index < -0.39 is 0 Å². The zero-order valence-corrected chi connectivity index (χ0v) is 9.31. The molecular formula is C10H24N2O. The first-order valence-corrected chi connectivity index (χ1v) is 5.44. The average Bonchev–Trinajstić information content (AvgIpc) is 2.23. The van der Waals surface area contributed by atoms with Gasteiger partial charge in [0.2, 0.25) is 0 Å². The van der Waals surface area contributed by atoms with E-state index in [1.165, 1.54) is 13.1 Å². The molecule has 0 bridgehead atoms. The quantitative estimate of drug-likeness (QED) is 0.665. The van der Waals surface area contributed by atoms with Gasteiger partial charge in [-0.1, -0.05) is 13.8 Å². The van der Waals surface area contributed by atoms with Crippen molar-refractivity contribution in [2.45, 2.75) is 20.8 Å². The maximum absolute atomic E-state index is 5.27. The summed E-state index contributed by atoms with van der Waals surface area (Å²) in [6.45, 7) is 13.5. The van der Waals surface area contributed by atoms with Crippen LogP contribution in [-0.2, 0) is 4.74 Å². The standard InChI is InChI=1S/C8H18N2O.C2H6/c1-2-11-8-7-10-5-3-9-4-6-10;1-2/h9H,2-8H2,1H3;1-2H3. The van der Waals surface area contributed by atoms with E-state index in [0.717, 1.165) is 32.8 Å². The fourth-order valence-electron chi connectivity index (χ4n) is 1.27. The Morgan fingerprint density at radius 3 is 2.38 bits per heavy atom. The summed E-state index contributed by atoms with van der Waals surface area (Å²) in [5.41, 5.74) is 0. The second-order valence-electron chi connectivity index (χ2n) is 2.79. The minimum absolute atomic E-state index is 0.839. The van der Waals surface area contributed by atoms with Crippen LogP contribution >= 0.6 is 0 Å². The van der Waals surface area contributed by atoms with E-state index in [-0.39, 0.29) is 0 Å². The van der Waals surface area contributed by atoms with E-state index in [2.05, 4.69) is 10.2 Å². The van der Waals surface area contributed by atoms with Crippen molar-refractivity contribution in [1.29, 1.82) is 0 Å². The van der Waals surface area contributed by atoms with Crippen LogP contribution < -0.4 is 5.32 Å². The molecular weight excluding hydrogens is 164 g/mol. The highest BCUT2D eigenvalue weighted by atomic mass is 16.5. The van der Waals surface area contributed by atoms with Crippen molar-refractivity contribution in [2.24, 2.45) is 0 Å². The highest BCUT2D eigenvalue weighted by Crippen LogP contribution is 1.90. The maximum atomic E-state index is 5.27. The van der Waals surface area contributed by atoms with Crippen LogP contribution in [0.15, 0.2) is 0 Å². The summed E-state index contributed by atoms with van der Waals surface area (Å²) >= 11 is 0. The van der Waals surface area contributed by atoms with Crippen molar-refractivity contribution in [3.05, 3.63) is 0 Å². The first kappa shape index (κ1) is 12.9. The van der Waals surface area contributed by atoms with Gasteiger partial charge >= 0.3 is 0 Å². The number of hydrogen-bond donors (Lipinski definition) is 1. The van der Waals surface area contributed by atoms with E-state index in [0.29, 0.717) is 0 Å². The van der Waals surface area contributed by atoms with Gasteiger partial charge in [0.05, 0.1) is 6.61 Å². The Labute approximate surface area is 82.4 Å². The van der Waals surface area contributed by atoms with E-state index in [1.807, 2.05) is 20.8 Å². The number of hydrogen-bond acceptors (Lipinski definition) is 3. The monoisotopic (exact) mass is 188 g/mol. The lowest BCUT2D eigenvalue weighted by atomic mass is 10.4. The van der Waals surface area contributed by atoms with Gasteiger partial charge < -0.3 is 10.1 Å². The molecule has 0 atom stereocenters. The molecule has 1 rings (SSSR count). The van der Waals surface area contributed by atoms with Crippen LogP contribution in [0, 0.1) is 0 Å². The summed E-state index contributed by atoms with van der Waals surface area (Å²) in [4.78, 5) is 2.44. The molecule has 1 N–H and O–H groups in total. The second kappa shape index (κ2) is 9.96. The molecule has 1 saturated heterocycles. The minimum Gasteiger partial charge on any atom is -0.380 e. The minimum atomic E-state index is 0.839. The lowest BCUT2D eigenvalue weighted by molar-refractivity contribution is 0.108. The van der Waals surface area contributed by atoms with Crippen LogP contribution in [0.5, 0.6) is 0 Å². The van der Waals surface area contributed by atoms with Crippen molar-refractivity contribution >= 4 is 0 Å². The highest BCUT2D eigenvalue weighted by molar-refractivity contribution is 4.66. The smallest absolute Gasteiger partial charge is 0.0593 e. The Balaban J connectivity index is 0.000000671. The van der Waals surface area contributed by atoms with Crippen LogP contribution in [0.4, 0.5) is 0 Å². The fraction of sp³-hybridized carbons (Fsp3) is 1.00. The number of rotatable bonds is 4. The Bertz CT molecular complexity index is 92.9. The lowest BCUT2D eigenvalue weighted by Crippen LogP contribution is -2.44. The van der Waals surface area contributed by atoms with Gasteiger partial charge in [-0.2, -0.15) is 0 Å². The largest absolute Gasteiger partial charge is 0.380 e. The highest BCUT2D eigenvalue weighted by Gasteiger charge is 2.07.